The minimum Gasteiger partial charge on any atom is -0.310 e. The van der Waals surface area contributed by atoms with E-state index in [2.05, 4.69) is 252 Å². The van der Waals surface area contributed by atoms with Crippen LogP contribution in [0, 0.1) is 6.92 Å². The summed E-state index contributed by atoms with van der Waals surface area (Å²) in [5, 5.41) is 0. The molecule has 0 aromatic heterocycles. The van der Waals surface area contributed by atoms with Gasteiger partial charge in [0.1, 0.15) is 0 Å². The van der Waals surface area contributed by atoms with Crippen LogP contribution in [0.4, 0.5) is 17.1 Å². The van der Waals surface area contributed by atoms with Crippen LogP contribution in [0.2, 0.25) is 0 Å². The van der Waals surface area contributed by atoms with E-state index in [0.717, 1.165) is 23.5 Å². The molecule has 0 N–H and O–H groups in total. The van der Waals surface area contributed by atoms with Gasteiger partial charge in [0, 0.05) is 22.5 Å². The molecule has 0 saturated carbocycles. The average molecular weight is 824 g/mol. The standard InChI is InChI=1S/C63H53N/c1-6-42(2)52-36-31-45(39-57(52)51-24-14-13-19-43(51)3)44-29-32-48(33-30-44)64(49-34-37-55-53-25-15-17-27-58(53)62(4,5)60(55)40-49)50-35-38-56-54-26-16-18-28-59(54)63(61(56)41-50,46-20-9-7-10-21-46)47-22-11-8-12-23-47/h7-42H,6H2,1-5H3. The van der Waals surface area contributed by atoms with Crippen molar-refractivity contribution in [2.45, 2.75) is 57.8 Å². The van der Waals surface area contributed by atoms with Gasteiger partial charge in [-0.25, -0.2) is 0 Å². The zero-order valence-electron chi connectivity index (χ0n) is 37.4. The summed E-state index contributed by atoms with van der Waals surface area (Å²) >= 11 is 0. The van der Waals surface area contributed by atoms with Crippen LogP contribution in [0.25, 0.3) is 44.5 Å². The normalized spacial score (nSPS) is 14.3. The van der Waals surface area contributed by atoms with E-state index in [0.29, 0.717) is 5.92 Å². The third-order valence-electron chi connectivity index (χ3n) is 14.6. The van der Waals surface area contributed by atoms with E-state index in [-0.39, 0.29) is 5.41 Å². The summed E-state index contributed by atoms with van der Waals surface area (Å²) in [4.78, 5) is 2.48. The first-order valence-corrected chi connectivity index (χ1v) is 23.0. The van der Waals surface area contributed by atoms with Gasteiger partial charge in [-0.3, -0.25) is 0 Å². The van der Waals surface area contributed by atoms with Gasteiger partial charge in [0.05, 0.1) is 5.41 Å². The zero-order chi connectivity index (χ0) is 43.6. The highest BCUT2D eigenvalue weighted by molar-refractivity contribution is 5.91. The lowest BCUT2D eigenvalue weighted by Crippen LogP contribution is -2.28. The van der Waals surface area contributed by atoms with Crippen LogP contribution in [0.5, 0.6) is 0 Å². The minimum atomic E-state index is -0.502. The highest BCUT2D eigenvalue weighted by Crippen LogP contribution is 2.58. The first-order chi connectivity index (χ1) is 31.3. The predicted octanol–water partition coefficient (Wildman–Crippen LogP) is 17.0. The topological polar surface area (TPSA) is 3.24 Å². The number of nitrogens with zero attached hydrogens (tertiary/aromatic N) is 1. The van der Waals surface area contributed by atoms with Gasteiger partial charge in [0.25, 0.3) is 0 Å². The molecule has 1 nitrogen and oxygen atoms in total. The van der Waals surface area contributed by atoms with E-state index >= 15 is 0 Å². The molecule has 1 unspecified atom stereocenters. The zero-order valence-corrected chi connectivity index (χ0v) is 37.4. The molecule has 2 aliphatic rings. The molecule has 0 saturated heterocycles. The van der Waals surface area contributed by atoms with Crippen molar-refractivity contribution in [3.8, 4) is 44.5 Å². The molecule has 2 aliphatic carbocycles. The molecule has 0 radical (unpaired) electrons. The van der Waals surface area contributed by atoms with Crippen molar-refractivity contribution in [2.24, 2.45) is 0 Å². The maximum absolute atomic E-state index is 2.48. The van der Waals surface area contributed by atoms with Crippen LogP contribution in [0.15, 0.2) is 212 Å². The number of benzene rings is 9. The molecule has 9 aromatic rings. The second kappa shape index (κ2) is 15.5. The predicted molar refractivity (Wildman–Crippen MR) is 270 cm³/mol. The average Bonchev–Trinajstić information content (AvgIpc) is 3.77. The number of hydrogen-bond donors (Lipinski definition) is 0. The lowest BCUT2D eigenvalue weighted by molar-refractivity contribution is 0.660. The van der Waals surface area contributed by atoms with Crippen LogP contribution in [0.3, 0.4) is 0 Å². The highest BCUT2D eigenvalue weighted by Gasteiger charge is 2.46. The van der Waals surface area contributed by atoms with Gasteiger partial charge in [-0.05, 0) is 151 Å². The van der Waals surface area contributed by atoms with Gasteiger partial charge < -0.3 is 4.90 Å². The van der Waals surface area contributed by atoms with Gasteiger partial charge in [-0.1, -0.05) is 198 Å². The van der Waals surface area contributed by atoms with Gasteiger partial charge in [-0.2, -0.15) is 0 Å². The summed E-state index contributed by atoms with van der Waals surface area (Å²) in [7, 11) is 0. The number of hydrogen-bond acceptors (Lipinski definition) is 1. The van der Waals surface area contributed by atoms with Gasteiger partial charge in [0.2, 0.25) is 0 Å². The second-order valence-electron chi connectivity index (χ2n) is 18.5. The van der Waals surface area contributed by atoms with Crippen molar-refractivity contribution >= 4 is 17.1 Å². The third kappa shape index (κ3) is 6.13. The molecule has 0 spiro atoms. The Morgan fingerprint density at radius 2 is 0.891 bits per heavy atom. The molecule has 11 rings (SSSR count). The summed E-state index contributed by atoms with van der Waals surface area (Å²) < 4.78 is 0. The lowest BCUT2D eigenvalue weighted by atomic mass is 9.67. The molecule has 1 heteroatoms. The molecule has 0 fully saturated rings. The quantitative estimate of drug-likeness (QED) is 0.140. The van der Waals surface area contributed by atoms with Crippen LogP contribution in [-0.2, 0) is 10.8 Å². The summed E-state index contributed by atoms with van der Waals surface area (Å²) in [6.07, 6.45) is 1.10. The van der Waals surface area contributed by atoms with Crippen LogP contribution in [-0.4, -0.2) is 0 Å². The van der Waals surface area contributed by atoms with Gasteiger partial charge in [-0.15, -0.1) is 0 Å². The Morgan fingerprint density at radius 3 is 1.52 bits per heavy atom. The van der Waals surface area contributed by atoms with Gasteiger partial charge >= 0.3 is 0 Å². The van der Waals surface area contributed by atoms with Crippen LogP contribution in [0.1, 0.15) is 84.5 Å². The van der Waals surface area contributed by atoms with E-state index in [1.165, 1.54) is 89.0 Å². The van der Waals surface area contributed by atoms with Crippen LogP contribution >= 0.6 is 0 Å². The summed E-state index contributed by atoms with van der Waals surface area (Å²) in [5.41, 5.74) is 23.6. The summed E-state index contributed by atoms with van der Waals surface area (Å²) in [6, 6.07) is 79.7. The number of anilines is 3. The van der Waals surface area contributed by atoms with E-state index in [9.17, 15) is 0 Å². The Bertz CT molecular complexity index is 3150. The summed E-state index contributed by atoms with van der Waals surface area (Å²) in [5.74, 6) is 0.465. The van der Waals surface area contributed by atoms with E-state index in [1.54, 1.807) is 0 Å². The maximum atomic E-state index is 2.48. The molecule has 1 atom stereocenters. The Balaban J connectivity index is 1.10. The third-order valence-corrected chi connectivity index (χ3v) is 14.6. The lowest BCUT2D eigenvalue weighted by Gasteiger charge is -2.35. The molecule has 0 heterocycles. The monoisotopic (exact) mass is 823 g/mol. The Kier molecular flexibility index (Phi) is 9.62. The molecule has 9 aromatic carbocycles. The first kappa shape index (κ1) is 39.6. The minimum absolute atomic E-state index is 0.136. The second-order valence-corrected chi connectivity index (χ2v) is 18.5. The molecule has 64 heavy (non-hydrogen) atoms. The van der Waals surface area contributed by atoms with E-state index in [4.69, 9.17) is 0 Å². The van der Waals surface area contributed by atoms with Crippen molar-refractivity contribution in [1.29, 1.82) is 0 Å². The molecule has 0 aliphatic heterocycles. The smallest absolute Gasteiger partial charge is 0.0714 e. The SMILES string of the molecule is CCC(C)c1ccc(-c2ccc(N(c3ccc4c(c3)C(C)(C)c3ccccc3-4)c3ccc4c(c3)C(c3ccccc3)(c3ccccc3)c3ccccc3-4)cc2)cc1-c1ccccc1C. The molecular formula is C63H53N. The molecule has 0 bridgehead atoms. The Hall–Kier alpha value is -7.22. The van der Waals surface area contributed by atoms with Crippen molar-refractivity contribution in [2.75, 3.05) is 4.90 Å². The number of fused-ring (bicyclic) bond motifs is 6. The van der Waals surface area contributed by atoms with Crippen molar-refractivity contribution in [1.82, 2.24) is 0 Å². The fraction of sp³-hybridized carbons (Fsp3) is 0.143. The fourth-order valence-corrected chi connectivity index (χ4v) is 11.1. The van der Waals surface area contributed by atoms with Gasteiger partial charge in [0.15, 0.2) is 0 Å². The van der Waals surface area contributed by atoms with Crippen molar-refractivity contribution < 1.29 is 0 Å². The van der Waals surface area contributed by atoms with E-state index < -0.39 is 5.41 Å². The fourth-order valence-electron chi connectivity index (χ4n) is 11.1. The number of rotatable bonds is 9. The number of aryl methyl sites for hydroxylation is 1. The molecule has 310 valence electrons. The first-order valence-electron chi connectivity index (χ1n) is 23.0. The van der Waals surface area contributed by atoms with Crippen molar-refractivity contribution in [3.05, 3.63) is 257 Å². The Morgan fingerprint density at radius 1 is 0.406 bits per heavy atom. The molecule has 0 amide bonds. The summed E-state index contributed by atoms with van der Waals surface area (Å²) in [6.45, 7) is 11.6. The highest BCUT2D eigenvalue weighted by atomic mass is 15.1. The Labute approximate surface area is 379 Å². The largest absolute Gasteiger partial charge is 0.310 e. The maximum Gasteiger partial charge on any atom is 0.0714 e. The molecular weight excluding hydrogens is 771 g/mol. The van der Waals surface area contributed by atoms with Crippen molar-refractivity contribution in [3.63, 3.8) is 0 Å². The van der Waals surface area contributed by atoms with E-state index in [1.807, 2.05) is 0 Å². The van der Waals surface area contributed by atoms with Crippen LogP contribution < -0.4 is 4.90 Å².